The highest BCUT2D eigenvalue weighted by molar-refractivity contribution is 5.70. The Labute approximate surface area is 286 Å². The minimum Gasteiger partial charge on any atom is -0.462 e. The SMILES string of the molecule is CCC/C=C\C/C=C\CCCCCCCC(=O)OCC(COCCCCCCCCCC)OC(=O)CCCCCCCCCCC. The molecule has 0 aliphatic carbocycles. The zero-order chi connectivity index (χ0) is 33.6. The van der Waals surface area contributed by atoms with Crippen molar-refractivity contribution in [2.24, 2.45) is 0 Å². The van der Waals surface area contributed by atoms with Gasteiger partial charge in [-0.1, -0.05) is 167 Å². The number of hydrogen-bond donors (Lipinski definition) is 0. The molecule has 0 saturated carbocycles. The Morgan fingerprint density at radius 1 is 0.478 bits per heavy atom. The summed E-state index contributed by atoms with van der Waals surface area (Å²) < 4.78 is 17.1. The molecule has 0 spiro atoms. The van der Waals surface area contributed by atoms with E-state index in [2.05, 4.69) is 45.1 Å². The largest absolute Gasteiger partial charge is 0.462 e. The van der Waals surface area contributed by atoms with E-state index in [0.717, 1.165) is 57.8 Å². The van der Waals surface area contributed by atoms with Gasteiger partial charge in [0.15, 0.2) is 6.10 Å². The van der Waals surface area contributed by atoms with E-state index >= 15 is 0 Å². The predicted octanol–water partition coefficient (Wildman–Crippen LogP) is 12.6. The van der Waals surface area contributed by atoms with Gasteiger partial charge in [0.25, 0.3) is 0 Å². The predicted molar refractivity (Wildman–Crippen MR) is 196 cm³/mol. The van der Waals surface area contributed by atoms with E-state index in [1.807, 2.05) is 0 Å². The molecule has 1 unspecified atom stereocenters. The molecule has 0 bridgehead atoms. The molecule has 0 N–H and O–H groups in total. The summed E-state index contributed by atoms with van der Waals surface area (Å²) in [5.74, 6) is -0.412. The Bertz CT molecular complexity index is 701. The lowest BCUT2D eigenvalue weighted by molar-refractivity contribution is -0.163. The van der Waals surface area contributed by atoms with Crippen molar-refractivity contribution in [2.75, 3.05) is 19.8 Å². The van der Waals surface area contributed by atoms with Crippen LogP contribution in [0.4, 0.5) is 0 Å². The maximum Gasteiger partial charge on any atom is 0.306 e. The first-order chi connectivity index (χ1) is 22.6. The highest BCUT2D eigenvalue weighted by Crippen LogP contribution is 2.13. The molecule has 0 aliphatic heterocycles. The lowest BCUT2D eigenvalue weighted by atomic mass is 10.1. The van der Waals surface area contributed by atoms with Gasteiger partial charge in [0.1, 0.15) is 6.61 Å². The number of carbonyl (C=O) groups is 2. The van der Waals surface area contributed by atoms with Gasteiger partial charge in [-0.15, -0.1) is 0 Å². The van der Waals surface area contributed by atoms with Crippen LogP contribution >= 0.6 is 0 Å². The van der Waals surface area contributed by atoms with E-state index in [4.69, 9.17) is 14.2 Å². The highest BCUT2D eigenvalue weighted by Gasteiger charge is 2.17. The van der Waals surface area contributed by atoms with Crippen molar-refractivity contribution in [1.82, 2.24) is 0 Å². The molecule has 0 aromatic rings. The highest BCUT2D eigenvalue weighted by atomic mass is 16.6. The molecule has 46 heavy (non-hydrogen) atoms. The lowest BCUT2D eigenvalue weighted by Crippen LogP contribution is -2.30. The Balaban J connectivity index is 4.21. The molecular formula is C41H76O5. The van der Waals surface area contributed by atoms with Gasteiger partial charge in [-0.2, -0.15) is 0 Å². The number of allylic oxidation sites excluding steroid dienone is 4. The number of esters is 2. The van der Waals surface area contributed by atoms with Gasteiger partial charge in [-0.05, 0) is 44.9 Å². The summed E-state index contributed by atoms with van der Waals surface area (Å²) in [7, 11) is 0. The molecule has 0 amide bonds. The summed E-state index contributed by atoms with van der Waals surface area (Å²) in [6.07, 6.45) is 40.2. The number of hydrogen-bond acceptors (Lipinski definition) is 5. The van der Waals surface area contributed by atoms with E-state index in [9.17, 15) is 9.59 Å². The van der Waals surface area contributed by atoms with Crippen LogP contribution in [0.2, 0.25) is 0 Å². The fourth-order valence-corrected chi connectivity index (χ4v) is 5.49. The van der Waals surface area contributed by atoms with E-state index in [0.29, 0.717) is 19.4 Å². The average molecular weight is 649 g/mol. The summed E-state index contributed by atoms with van der Waals surface area (Å²) in [5, 5.41) is 0. The second-order valence-corrected chi connectivity index (χ2v) is 13.2. The Hall–Kier alpha value is -1.62. The molecule has 270 valence electrons. The molecule has 0 aliphatic rings. The zero-order valence-corrected chi connectivity index (χ0v) is 30.8. The van der Waals surface area contributed by atoms with Crippen LogP contribution in [0.15, 0.2) is 24.3 Å². The first-order valence-corrected chi connectivity index (χ1v) is 19.9. The summed E-state index contributed by atoms with van der Waals surface area (Å²) in [6, 6.07) is 0. The summed E-state index contributed by atoms with van der Waals surface area (Å²) in [5.41, 5.74) is 0. The fraction of sp³-hybridized carbons (Fsp3) is 0.854. The van der Waals surface area contributed by atoms with Crippen LogP contribution in [0, 0.1) is 0 Å². The molecule has 0 aromatic carbocycles. The van der Waals surface area contributed by atoms with Gasteiger partial charge in [0, 0.05) is 19.4 Å². The minimum atomic E-state index is -0.528. The second-order valence-electron chi connectivity index (χ2n) is 13.2. The third-order valence-corrected chi connectivity index (χ3v) is 8.47. The first kappa shape index (κ1) is 44.4. The third kappa shape index (κ3) is 35.2. The lowest BCUT2D eigenvalue weighted by Gasteiger charge is -2.18. The molecule has 0 radical (unpaired) electrons. The quantitative estimate of drug-likeness (QED) is 0.0384. The third-order valence-electron chi connectivity index (χ3n) is 8.47. The van der Waals surface area contributed by atoms with Gasteiger partial charge in [0.05, 0.1) is 6.61 Å². The van der Waals surface area contributed by atoms with Crippen LogP contribution in [-0.4, -0.2) is 37.9 Å². The van der Waals surface area contributed by atoms with Gasteiger partial charge in [-0.25, -0.2) is 0 Å². The average Bonchev–Trinajstić information content (AvgIpc) is 3.05. The molecule has 1 atom stereocenters. The van der Waals surface area contributed by atoms with Gasteiger partial charge in [-0.3, -0.25) is 9.59 Å². The molecule has 0 saturated heterocycles. The van der Waals surface area contributed by atoms with Crippen LogP contribution < -0.4 is 0 Å². The molecule has 0 heterocycles. The van der Waals surface area contributed by atoms with E-state index in [1.165, 1.54) is 109 Å². The van der Waals surface area contributed by atoms with Crippen LogP contribution in [0.3, 0.4) is 0 Å². The molecule has 0 rings (SSSR count). The fourth-order valence-electron chi connectivity index (χ4n) is 5.49. The van der Waals surface area contributed by atoms with Gasteiger partial charge >= 0.3 is 11.9 Å². The van der Waals surface area contributed by atoms with Gasteiger partial charge < -0.3 is 14.2 Å². The Kier molecular flexibility index (Phi) is 36.5. The second kappa shape index (κ2) is 37.8. The minimum absolute atomic E-state index is 0.0831. The molecule has 0 fully saturated rings. The molecule has 0 aromatic heterocycles. The van der Waals surface area contributed by atoms with Crippen LogP contribution in [0.5, 0.6) is 0 Å². The normalized spacial score (nSPS) is 12.3. The van der Waals surface area contributed by atoms with Gasteiger partial charge in [0.2, 0.25) is 0 Å². The number of unbranched alkanes of at least 4 members (excludes halogenated alkanes) is 21. The Morgan fingerprint density at radius 3 is 1.52 bits per heavy atom. The maximum absolute atomic E-state index is 12.6. The van der Waals surface area contributed by atoms with Crippen molar-refractivity contribution in [2.45, 2.75) is 207 Å². The number of ether oxygens (including phenoxy) is 3. The van der Waals surface area contributed by atoms with Crippen LogP contribution in [-0.2, 0) is 23.8 Å². The molecule has 5 nitrogen and oxygen atoms in total. The topological polar surface area (TPSA) is 61.8 Å². The van der Waals surface area contributed by atoms with E-state index < -0.39 is 6.10 Å². The number of carbonyl (C=O) groups excluding carboxylic acids is 2. The van der Waals surface area contributed by atoms with Crippen molar-refractivity contribution in [3.8, 4) is 0 Å². The van der Waals surface area contributed by atoms with Crippen molar-refractivity contribution >= 4 is 11.9 Å². The Morgan fingerprint density at radius 2 is 0.957 bits per heavy atom. The summed E-state index contributed by atoms with van der Waals surface area (Å²) in [4.78, 5) is 25.0. The van der Waals surface area contributed by atoms with Crippen molar-refractivity contribution in [3.05, 3.63) is 24.3 Å². The van der Waals surface area contributed by atoms with Crippen LogP contribution in [0.1, 0.15) is 201 Å². The summed E-state index contributed by atoms with van der Waals surface area (Å²) in [6.45, 7) is 7.72. The van der Waals surface area contributed by atoms with Crippen molar-refractivity contribution in [3.63, 3.8) is 0 Å². The van der Waals surface area contributed by atoms with Crippen molar-refractivity contribution in [1.29, 1.82) is 0 Å². The number of rotatable bonds is 36. The summed E-state index contributed by atoms with van der Waals surface area (Å²) >= 11 is 0. The van der Waals surface area contributed by atoms with Crippen LogP contribution in [0.25, 0.3) is 0 Å². The maximum atomic E-state index is 12.6. The standard InChI is InChI=1S/C41H76O5/c1-4-7-10-13-16-19-20-21-22-24-25-28-31-34-40(42)45-38-39(37-44-36-33-30-27-18-15-12-9-6-3)46-41(43)35-32-29-26-23-17-14-11-8-5-2/h10,13,19-20,39H,4-9,11-12,14-18,21-38H2,1-3H3/b13-10-,20-19-. The molecular weight excluding hydrogens is 572 g/mol. The van der Waals surface area contributed by atoms with E-state index in [1.54, 1.807) is 0 Å². The molecule has 5 heteroatoms. The first-order valence-electron chi connectivity index (χ1n) is 19.9. The van der Waals surface area contributed by atoms with Crippen molar-refractivity contribution < 1.29 is 23.8 Å². The smallest absolute Gasteiger partial charge is 0.306 e. The zero-order valence-electron chi connectivity index (χ0n) is 30.8. The van der Waals surface area contributed by atoms with E-state index in [-0.39, 0.29) is 25.2 Å². The monoisotopic (exact) mass is 649 g/mol.